The number of nitrogens with zero attached hydrogens (tertiary/aromatic N) is 1. The molecule has 2 atom stereocenters. The molecule has 1 aromatic rings. The van der Waals surface area contributed by atoms with Gasteiger partial charge in [-0.3, -0.25) is 9.69 Å². The van der Waals surface area contributed by atoms with Crippen molar-refractivity contribution in [3.05, 3.63) is 29.8 Å². The Balaban J connectivity index is 2.06. The minimum Gasteiger partial charge on any atom is -0.466 e. The third-order valence-corrected chi connectivity index (χ3v) is 5.03. The Labute approximate surface area is 173 Å². The molecule has 1 fully saturated rings. The number of amides is 1. The van der Waals surface area contributed by atoms with Crippen LogP contribution in [0.5, 0.6) is 0 Å². The van der Waals surface area contributed by atoms with Gasteiger partial charge in [-0.05, 0) is 44.5 Å². The average molecular weight is 402 g/mol. The van der Waals surface area contributed by atoms with Crippen LogP contribution in [0.3, 0.4) is 0 Å². The number of hydrogen-bond donors (Lipinski definition) is 0. The number of benzene rings is 1. The summed E-state index contributed by atoms with van der Waals surface area (Å²) in [6.07, 6.45) is 2.33. The fourth-order valence-electron chi connectivity index (χ4n) is 3.44. The molecular formula is C23H31NO5. The van der Waals surface area contributed by atoms with Gasteiger partial charge in [0.15, 0.2) is 0 Å². The monoisotopic (exact) mass is 401 g/mol. The van der Waals surface area contributed by atoms with Crippen LogP contribution in [0.1, 0.15) is 52.0 Å². The number of hydrogen-bond acceptors (Lipinski definition) is 5. The van der Waals surface area contributed by atoms with Gasteiger partial charge in [-0.25, -0.2) is 4.79 Å². The van der Waals surface area contributed by atoms with Crippen LogP contribution in [0.25, 0.3) is 0 Å². The van der Waals surface area contributed by atoms with E-state index in [1.165, 1.54) is 0 Å². The highest BCUT2D eigenvalue weighted by molar-refractivity contribution is 5.90. The number of ether oxygens (including phenoxy) is 3. The van der Waals surface area contributed by atoms with Crippen molar-refractivity contribution in [3.8, 4) is 11.8 Å². The molecule has 0 spiro atoms. The number of cyclic esters (lactones) is 1. The van der Waals surface area contributed by atoms with Crippen molar-refractivity contribution in [2.24, 2.45) is 5.41 Å². The maximum absolute atomic E-state index is 12.5. The third kappa shape index (κ3) is 6.23. The molecule has 158 valence electrons. The summed E-state index contributed by atoms with van der Waals surface area (Å²) in [6.45, 7) is 6.93. The van der Waals surface area contributed by atoms with E-state index in [1.54, 1.807) is 18.9 Å². The lowest BCUT2D eigenvalue weighted by molar-refractivity contribution is -0.156. The molecule has 0 saturated carbocycles. The van der Waals surface area contributed by atoms with Crippen molar-refractivity contribution in [2.75, 3.05) is 31.8 Å². The first-order valence-corrected chi connectivity index (χ1v) is 10.2. The maximum atomic E-state index is 12.5. The molecule has 0 aromatic heterocycles. The molecule has 0 bridgehead atoms. The summed E-state index contributed by atoms with van der Waals surface area (Å²) in [5.74, 6) is 5.68. The molecule has 1 aliphatic heterocycles. The van der Waals surface area contributed by atoms with E-state index in [-0.39, 0.29) is 12.1 Å². The molecule has 1 heterocycles. The van der Waals surface area contributed by atoms with Crippen molar-refractivity contribution >= 4 is 17.7 Å². The molecule has 29 heavy (non-hydrogen) atoms. The van der Waals surface area contributed by atoms with E-state index in [1.807, 2.05) is 31.2 Å². The van der Waals surface area contributed by atoms with Gasteiger partial charge in [-0.15, -0.1) is 0 Å². The van der Waals surface area contributed by atoms with E-state index in [9.17, 15) is 9.59 Å². The smallest absolute Gasteiger partial charge is 0.414 e. The molecule has 1 aliphatic rings. The van der Waals surface area contributed by atoms with Crippen molar-refractivity contribution < 1.29 is 23.8 Å². The summed E-state index contributed by atoms with van der Waals surface area (Å²) in [4.78, 5) is 26.6. The quantitative estimate of drug-likeness (QED) is 0.459. The van der Waals surface area contributed by atoms with Gasteiger partial charge < -0.3 is 14.2 Å². The van der Waals surface area contributed by atoms with E-state index in [2.05, 4.69) is 18.8 Å². The van der Waals surface area contributed by atoms with Gasteiger partial charge in [0, 0.05) is 24.8 Å². The van der Waals surface area contributed by atoms with E-state index >= 15 is 0 Å². The Morgan fingerprint density at radius 2 is 2.03 bits per heavy atom. The molecule has 2 rings (SSSR count). The van der Waals surface area contributed by atoms with E-state index < -0.39 is 11.5 Å². The zero-order valence-electron chi connectivity index (χ0n) is 17.8. The van der Waals surface area contributed by atoms with Crippen LogP contribution in [0.4, 0.5) is 10.5 Å². The second-order valence-electron chi connectivity index (χ2n) is 7.49. The molecule has 1 saturated heterocycles. The first-order chi connectivity index (χ1) is 13.9. The highest BCUT2D eigenvalue weighted by atomic mass is 16.6. The van der Waals surface area contributed by atoms with Crippen LogP contribution in [0.2, 0.25) is 0 Å². The molecule has 6 nitrogen and oxygen atoms in total. The SMILES string of the molecule is CCCCC(C)(CC1CN(c2ccc(C#CCOC)cc2)C(=O)O1)C(=O)OCC. The predicted molar refractivity (Wildman–Crippen MR) is 112 cm³/mol. The molecule has 2 unspecified atom stereocenters. The molecule has 6 heteroatoms. The first-order valence-electron chi connectivity index (χ1n) is 10.2. The van der Waals surface area contributed by atoms with Gasteiger partial charge in [-0.2, -0.15) is 0 Å². The molecule has 0 N–H and O–H groups in total. The largest absolute Gasteiger partial charge is 0.466 e. The standard InChI is InChI=1S/C23H31NO5/c1-5-7-14-23(3,21(25)28-6-2)16-20-17-24(22(26)29-20)19-12-10-18(11-13-19)9-8-15-27-4/h10-13,20H,5-7,14-17H2,1-4H3. The fraction of sp³-hybridized carbons (Fsp3) is 0.565. The minimum absolute atomic E-state index is 0.220. The van der Waals surface area contributed by atoms with E-state index in [0.717, 1.165) is 24.1 Å². The van der Waals surface area contributed by atoms with Gasteiger partial charge in [0.25, 0.3) is 0 Å². The summed E-state index contributed by atoms with van der Waals surface area (Å²) in [5, 5.41) is 0. The van der Waals surface area contributed by atoms with Crippen molar-refractivity contribution in [1.29, 1.82) is 0 Å². The summed E-state index contributed by atoms with van der Waals surface area (Å²) >= 11 is 0. The van der Waals surface area contributed by atoms with E-state index in [4.69, 9.17) is 14.2 Å². The second-order valence-corrected chi connectivity index (χ2v) is 7.49. The van der Waals surface area contributed by atoms with Crippen molar-refractivity contribution in [3.63, 3.8) is 0 Å². The van der Waals surface area contributed by atoms with Gasteiger partial charge in [0.05, 0.1) is 18.6 Å². The van der Waals surface area contributed by atoms with Gasteiger partial charge in [0.2, 0.25) is 0 Å². The molecular weight excluding hydrogens is 370 g/mol. The Hall–Kier alpha value is -2.52. The number of methoxy groups -OCH3 is 1. The number of esters is 1. The highest BCUT2D eigenvalue weighted by Gasteiger charge is 2.42. The van der Waals surface area contributed by atoms with Crippen LogP contribution in [-0.4, -0.2) is 45.0 Å². The Morgan fingerprint density at radius 3 is 2.66 bits per heavy atom. The summed E-state index contributed by atoms with van der Waals surface area (Å²) < 4.78 is 15.8. The van der Waals surface area contributed by atoms with Crippen LogP contribution in [0, 0.1) is 17.3 Å². The highest BCUT2D eigenvalue weighted by Crippen LogP contribution is 2.35. The topological polar surface area (TPSA) is 65.1 Å². The summed E-state index contributed by atoms with van der Waals surface area (Å²) in [7, 11) is 1.60. The zero-order valence-corrected chi connectivity index (χ0v) is 17.8. The van der Waals surface area contributed by atoms with Gasteiger partial charge in [0.1, 0.15) is 12.7 Å². The molecule has 1 aromatic carbocycles. The van der Waals surface area contributed by atoms with Gasteiger partial charge >= 0.3 is 12.1 Å². The van der Waals surface area contributed by atoms with Crippen LogP contribution in [-0.2, 0) is 19.0 Å². The second kappa shape index (κ2) is 10.9. The number of unbranched alkanes of at least 4 members (excludes halogenated alkanes) is 1. The number of carbonyl (C=O) groups is 2. The van der Waals surface area contributed by atoms with Crippen LogP contribution in [0.15, 0.2) is 24.3 Å². The first kappa shape index (κ1) is 22.8. The van der Waals surface area contributed by atoms with Crippen LogP contribution < -0.4 is 4.90 Å². The Bertz CT molecular complexity index is 749. The molecule has 0 aliphatic carbocycles. The van der Waals surface area contributed by atoms with Crippen molar-refractivity contribution in [1.82, 2.24) is 0 Å². The predicted octanol–water partition coefficient (Wildman–Crippen LogP) is 4.16. The number of anilines is 1. The fourth-order valence-corrected chi connectivity index (χ4v) is 3.44. The third-order valence-electron chi connectivity index (χ3n) is 5.03. The number of rotatable bonds is 9. The maximum Gasteiger partial charge on any atom is 0.414 e. The lowest BCUT2D eigenvalue weighted by Crippen LogP contribution is -2.35. The normalized spacial score (nSPS) is 17.9. The minimum atomic E-state index is -0.659. The molecule has 1 amide bonds. The Kier molecular flexibility index (Phi) is 8.53. The average Bonchev–Trinajstić information content (AvgIpc) is 3.07. The number of carbonyl (C=O) groups excluding carboxylic acids is 2. The van der Waals surface area contributed by atoms with E-state index in [0.29, 0.717) is 32.6 Å². The lowest BCUT2D eigenvalue weighted by atomic mass is 9.79. The summed E-state index contributed by atoms with van der Waals surface area (Å²) in [5.41, 5.74) is 0.943. The lowest BCUT2D eigenvalue weighted by Gasteiger charge is -2.29. The molecule has 0 radical (unpaired) electrons. The van der Waals surface area contributed by atoms with Gasteiger partial charge in [-0.1, -0.05) is 31.6 Å². The zero-order chi connectivity index (χ0) is 21.3. The summed E-state index contributed by atoms with van der Waals surface area (Å²) in [6, 6.07) is 7.43. The Morgan fingerprint density at radius 1 is 1.31 bits per heavy atom. The van der Waals surface area contributed by atoms with Crippen LogP contribution >= 0.6 is 0 Å². The van der Waals surface area contributed by atoms with Crippen molar-refractivity contribution in [2.45, 2.75) is 52.6 Å².